The molecule has 0 spiro atoms. The molecule has 0 aliphatic carbocycles. The number of nitrogens with zero attached hydrogens (tertiary/aromatic N) is 2. The SMILES string of the molecule is Cc1cccc(NC(=O)CSc2nc3c(oc4ccccc43)c(=O)n2-c2cc(C)cc(C)c2)c1. The number of para-hydroxylation sites is 1. The Morgan fingerprint density at radius 2 is 1.74 bits per heavy atom. The molecule has 0 aliphatic rings. The second kappa shape index (κ2) is 8.83. The minimum absolute atomic E-state index is 0.104. The second-order valence-corrected chi connectivity index (χ2v) is 9.31. The fourth-order valence-corrected chi connectivity index (χ4v) is 4.88. The molecule has 0 saturated heterocycles. The minimum atomic E-state index is -0.298. The summed E-state index contributed by atoms with van der Waals surface area (Å²) < 4.78 is 7.43. The van der Waals surface area contributed by atoms with Gasteiger partial charge in [-0.25, -0.2) is 4.98 Å². The molecule has 2 aromatic heterocycles. The summed E-state index contributed by atoms with van der Waals surface area (Å²) in [5.74, 6) is -0.0686. The lowest BCUT2D eigenvalue weighted by Gasteiger charge is -2.13. The van der Waals surface area contributed by atoms with Crippen LogP contribution in [0.3, 0.4) is 0 Å². The van der Waals surface area contributed by atoms with Gasteiger partial charge in [0, 0.05) is 11.1 Å². The average molecular weight is 470 g/mol. The molecule has 0 bridgehead atoms. The topological polar surface area (TPSA) is 77.1 Å². The van der Waals surface area contributed by atoms with Gasteiger partial charge in [-0.15, -0.1) is 0 Å². The van der Waals surface area contributed by atoms with E-state index in [0.717, 1.165) is 27.8 Å². The van der Waals surface area contributed by atoms with Crippen molar-refractivity contribution >= 4 is 45.4 Å². The average Bonchev–Trinajstić information content (AvgIpc) is 3.16. The number of hydrogen-bond donors (Lipinski definition) is 1. The zero-order valence-electron chi connectivity index (χ0n) is 19.1. The molecule has 34 heavy (non-hydrogen) atoms. The van der Waals surface area contributed by atoms with Crippen LogP contribution in [0.2, 0.25) is 0 Å². The predicted molar refractivity (Wildman–Crippen MR) is 137 cm³/mol. The molecule has 0 radical (unpaired) electrons. The Morgan fingerprint density at radius 3 is 2.50 bits per heavy atom. The van der Waals surface area contributed by atoms with Crippen molar-refractivity contribution in [3.05, 3.63) is 93.8 Å². The van der Waals surface area contributed by atoms with Gasteiger partial charge in [-0.05, 0) is 73.9 Å². The summed E-state index contributed by atoms with van der Waals surface area (Å²) in [5, 5.41) is 4.12. The van der Waals surface area contributed by atoms with E-state index in [1.807, 2.05) is 87.5 Å². The van der Waals surface area contributed by atoms with Crippen LogP contribution >= 0.6 is 11.8 Å². The van der Waals surface area contributed by atoms with Gasteiger partial charge in [-0.3, -0.25) is 14.2 Å². The van der Waals surface area contributed by atoms with Crippen molar-refractivity contribution in [2.24, 2.45) is 0 Å². The predicted octanol–water partition coefficient (Wildman–Crippen LogP) is 5.79. The zero-order valence-corrected chi connectivity index (χ0v) is 19.9. The van der Waals surface area contributed by atoms with Crippen molar-refractivity contribution in [2.75, 3.05) is 11.1 Å². The number of fused-ring (bicyclic) bond motifs is 3. The molecule has 2 heterocycles. The van der Waals surface area contributed by atoms with Gasteiger partial charge in [-0.1, -0.05) is 42.1 Å². The van der Waals surface area contributed by atoms with Crippen LogP contribution in [0.4, 0.5) is 5.69 Å². The first-order valence-electron chi connectivity index (χ1n) is 10.9. The minimum Gasteiger partial charge on any atom is -0.448 e. The molecule has 5 rings (SSSR count). The number of nitrogens with one attached hydrogen (secondary N) is 1. The number of furan rings is 1. The number of thioether (sulfide) groups is 1. The second-order valence-electron chi connectivity index (χ2n) is 8.36. The summed E-state index contributed by atoms with van der Waals surface area (Å²) in [6, 6.07) is 21.0. The Hall–Kier alpha value is -3.84. The van der Waals surface area contributed by atoms with Crippen LogP contribution < -0.4 is 10.9 Å². The smallest absolute Gasteiger partial charge is 0.302 e. The number of aryl methyl sites for hydroxylation is 3. The number of hydrogen-bond acceptors (Lipinski definition) is 5. The van der Waals surface area contributed by atoms with E-state index in [2.05, 4.69) is 5.32 Å². The summed E-state index contributed by atoms with van der Waals surface area (Å²) in [6.45, 7) is 5.94. The number of aromatic nitrogens is 2. The maximum atomic E-state index is 13.6. The normalized spacial score (nSPS) is 11.3. The van der Waals surface area contributed by atoms with Crippen LogP contribution in [0.1, 0.15) is 16.7 Å². The molecule has 0 unspecified atom stereocenters. The van der Waals surface area contributed by atoms with Crippen LogP contribution in [-0.2, 0) is 4.79 Å². The highest BCUT2D eigenvalue weighted by atomic mass is 32.2. The summed E-state index contributed by atoms with van der Waals surface area (Å²) >= 11 is 1.22. The Morgan fingerprint density at radius 1 is 0.971 bits per heavy atom. The Labute approximate surface area is 200 Å². The molecule has 0 atom stereocenters. The van der Waals surface area contributed by atoms with Gasteiger partial charge in [0.2, 0.25) is 11.5 Å². The number of benzene rings is 3. The first kappa shape index (κ1) is 22.0. The van der Waals surface area contributed by atoms with Crippen molar-refractivity contribution in [3.63, 3.8) is 0 Å². The van der Waals surface area contributed by atoms with Crippen LogP contribution in [0, 0.1) is 20.8 Å². The Bertz CT molecular complexity index is 1600. The molecule has 170 valence electrons. The third kappa shape index (κ3) is 4.22. The molecule has 7 heteroatoms. The van der Waals surface area contributed by atoms with Gasteiger partial charge in [-0.2, -0.15) is 0 Å². The molecule has 0 saturated carbocycles. The quantitative estimate of drug-likeness (QED) is 0.260. The van der Waals surface area contributed by atoms with Crippen molar-refractivity contribution in [2.45, 2.75) is 25.9 Å². The number of carbonyl (C=O) groups excluding carboxylic acids is 1. The van der Waals surface area contributed by atoms with Crippen molar-refractivity contribution in [3.8, 4) is 5.69 Å². The highest BCUT2D eigenvalue weighted by Crippen LogP contribution is 2.29. The molecule has 3 aromatic carbocycles. The summed E-state index contributed by atoms with van der Waals surface area (Å²) in [6.07, 6.45) is 0. The molecule has 0 aliphatic heterocycles. The molecule has 0 fully saturated rings. The molecular weight excluding hydrogens is 446 g/mol. The van der Waals surface area contributed by atoms with Gasteiger partial charge in [0.05, 0.1) is 11.4 Å². The number of anilines is 1. The lowest BCUT2D eigenvalue weighted by atomic mass is 10.1. The van der Waals surface area contributed by atoms with E-state index in [4.69, 9.17) is 9.40 Å². The summed E-state index contributed by atoms with van der Waals surface area (Å²) in [7, 11) is 0. The van der Waals surface area contributed by atoms with E-state index < -0.39 is 0 Å². The van der Waals surface area contributed by atoms with E-state index >= 15 is 0 Å². The molecule has 1 N–H and O–H groups in total. The summed E-state index contributed by atoms with van der Waals surface area (Å²) in [4.78, 5) is 31.1. The van der Waals surface area contributed by atoms with Gasteiger partial charge in [0.15, 0.2) is 5.16 Å². The van der Waals surface area contributed by atoms with Crippen LogP contribution in [0.5, 0.6) is 0 Å². The van der Waals surface area contributed by atoms with Gasteiger partial charge < -0.3 is 9.73 Å². The first-order valence-corrected chi connectivity index (χ1v) is 11.9. The van der Waals surface area contributed by atoms with E-state index in [1.54, 1.807) is 0 Å². The maximum absolute atomic E-state index is 13.6. The third-order valence-corrected chi connectivity index (χ3v) is 6.40. The van der Waals surface area contributed by atoms with E-state index in [1.165, 1.54) is 16.3 Å². The highest BCUT2D eigenvalue weighted by molar-refractivity contribution is 7.99. The Kier molecular flexibility index (Phi) is 5.71. The molecular formula is C27H23N3O3S. The van der Waals surface area contributed by atoms with Gasteiger partial charge >= 0.3 is 5.56 Å². The van der Waals surface area contributed by atoms with E-state index in [9.17, 15) is 9.59 Å². The van der Waals surface area contributed by atoms with Crippen molar-refractivity contribution < 1.29 is 9.21 Å². The standard InChI is InChI=1S/C27H23N3O3S/c1-16-7-6-8-19(12-16)28-23(31)15-34-27-29-24-21-9-4-5-10-22(21)33-25(24)26(32)30(27)20-13-17(2)11-18(3)14-20/h4-14H,15H2,1-3H3,(H,28,31). The monoisotopic (exact) mass is 469 g/mol. The van der Waals surface area contributed by atoms with Gasteiger partial charge in [0.1, 0.15) is 11.1 Å². The molecule has 6 nitrogen and oxygen atoms in total. The van der Waals surface area contributed by atoms with E-state index in [0.29, 0.717) is 21.9 Å². The highest BCUT2D eigenvalue weighted by Gasteiger charge is 2.20. The largest absolute Gasteiger partial charge is 0.448 e. The van der Waals surface area contributed by atoms with Crippen LogP contribution in [-0.4, -0.2) is 21.2 Å². The first-order chi connectivity index (χ1) is 16.4. The number of carbonyl (C=O) groups is 1. The summed E-state index contributed by atoms with van der Waals surface area (Å²) in [5.41, 5.74) is 5.56. The van der Waals surface area contributed by atoms with Crippen molar-refractivity contribution in [1.82, 2.24) is 9.55 Å². The lowest BCUT2D eigenvalue weighted by Crippen LogP contribution is -2.22. The maximum Gasteiger partial charge on any atom is 0.302 e. The third-order valence-electron chi connectivity index (χ3n) is 5.46. The fraction of sp³-hybridized carbons (Fsp3) is 0.148. The Balaban J connectivity index is 1.59. The molecule has 1 amide bonds. The van der Waals surface area contributed by atoms with E-state index in [-0.39, 0.29) is 22.8 Å². The molecule has 5 aromatic rings. The number of rotatable bonds is 5. The van der Waals surface area contributed by atoms with Crippen LogP contribution in [0.25, 0.3) is 27.8 Å². The lowest BCUT2D eigenvalue weighted by molar-refractivity contribution is -0.113. The van der Waals surface area contributed by atoms with Crippen LogP contribution in [0.15, 0.2) is 81.1 Å². The van der Waals surface area contributed by atoms with Gasteiger partial charge in [0.25, 0.3) is 0 Å². The number of amides is 1. The fourth-order valence-electron chi connectivity index (χ4n) is 4.08. The van der Waals surface area contributed by atoms with Crippen molar-refractivity contribution in [1.29, 1.82) is 0 Å². The zero-order chi connectivity index (χ0) is 23.8.